The average molecular weight is 289 g/mol. The quantitative estimate of drug-likeness (QED) is 0.680. The van der Waals surface area contributed by atoms with Gasteiger partial charge >= 0.3 is 0 Å². The Morgan fingerprint density at radius 1 is 1.10 bits per heavy atom. The molecule has 1 unspecified atom stereocenters. The van der Waals surface area contributed by atoms with Crippen molar-refractivity contribution < 1.29 is 4.74 Å². The predicted molar refractivity (Wildman–Crippen MR) is 90.5 cm³/mol. The predicted octanol–water partition coefficient (Wildman–Crippen LogP) is 5.15. The first-order valence-electron chi connectivity index (χ1n) is 8.05. The SMILES string of the molecule is CC[Si](CC)(CC)C(=C1COCC1C)c1ccccc1. The van der Waals surface area contributed by atoms with Crippen LogP contribution in [-0.2, 0) is 4.74 Å². The normalized spacial score (nSPS) is 22.1. The molecule has 0 aromatic heterocycles. The minimum atomic E-state index is -1.39. The Bertz CT molecular complexity index is 451. The lowest BCUT2D eigenvalue weighted by atomic mass is 10.0. The lowest BCUT2D eigenvalue weighted by molar-refractivity contribution is 0.191. The Morgan fingerprint density at radius 3 is 2.15 bits per heavy atom. The van der Waals surface area contributed by atoms with Crippen LogP contribution in [0.5, 0.6) is 0 Å². The molecule has 2 heteroatoms. The van der Waals surface area contributed by atoms with E-state index in [0.29, 0.717) is 5.92 Å². The molecule has 0 saturated carbocycles. The molecule has 0 aliphatic carbocycles. The molecule has 1 atom stereocenters. The minimum Gasteiger partial charge on any atom is -0.376 e. The van der Waals surface area contributed by atoms with Crippen LogP contribution in [0.15, 0.2) is 35.9 Å². The van der Waals surface area contributed by atoms with Crippen LogP contribution in [-0.4, -0.2) is 21.3 Å². The van der Waals surface area contributed by atoms with Gasteiger partial charge in [-0.3, -0.25) is 0 Å². The summed E-state index contributed by atoms with van der Waals surface area (Å²) < 4.78 is 5.76. The van der Waals surface area contributed by atoms with Crippen LogP contribution in [0.1, 0.15) is 33.3 Å². The van der Waals surface area contributed by atoms with Crippen molar-refractivity contribution in [3.63, 3.8) is 0 Å². The summed E-state index contributed by atoms with van der Waals surface area (Å²) in [6.07, 6.45) is 0. The molecule has 1 aliphatic rings. The van der Waals surface area contributed by atoms with Gasteiger partial charge in [0.15, 0.2) is 0 Å². The van der Waals surface area contributed by atoms with Gasteiger partial charge in [0, 0.05) is 5.92 Å². The molecule has 1 aromatic carbocycles. The molecule has 1 fully saturated rings. The molecule has 20 heavy (non-hydrogen) atoms. The Morgan fingerprint density at radius 2 is 1.70 bits per heavy atom. The summed E-state index contributed by atoms with van der Waals surface area (Å²) in [5.74, 6) is 0.585. The minimum absolute atomic E-state index is 0.585. The van der Waals surface area contributed by atoms with E-state index >= 15 is 0 Å². The van der Waals surface area contributed by atoms with Gasteiger partial charge in [0.2, 0.25) is 0 Å². The van der Waals surface area contributed by atoms with Gasteiger partial charge in [-0.2, -0.15) is 0 Å². The van der Waals surface area contributed by atoms with E-state index in [4.69, 9.17) is 4.74 Å². The standard InChI is InChI=1S/C18H28OSi/c1-5-20(6-2,7-3)18(16-11-9-8-10-12-16)17-14-19-13-15(17)4/h8-12,15H,5-7,13-14H2,1-4H3. The van der Waals surface area contributed by atoms with Crippen molar-refractivity contribution in [3.05, 3.63) is 41.5 Å². The number of hydrogen-bond donors (Lipinski definition) is 0. The zero-order valence-corrected chi connectivity index (χ0v) is 14.4. The molecule has 1 saturated heterocycles. The third-order valence-electron chi connectivity index (χ3n) is 5.16. The van der Waals surface area contributed by atoms with Crippen LogP contribution >= 0.6 is 0 Å². The van der Waals surface area contributed by atoms with E-state index in [2.05, 4.69) is 58.0 Å². The van der Waals surface area contributed by atoms with Crippen molar-refractivity contribution in [2.24, 2.45) is 5.92 Å². The Labute approximate surface area is 125 Å². The Balaban J connectivity index is 2.62. The zero-order chi connectivity index (χ0) is 14.6. The van der Waals surface area contributed by atoms with Gasteiger partial charge in [-0.05, 0) is 11.1 Å². The van der Waals surface area contributed by atoms with Crippen LogP contribution in [0, 0.1) is 5.92 Å². The Hall–Kier alpha value is -0.863. The molecule has 0 spiro atoms. The maximum absolute atomic E-state index is 5.76. The number of rotatable bonds is 5. The second-order valence-corrected chi connectivity index (χ2v) is 11.2. The number of hydrogen-bond acceptors (Lipinski definition) is 1. The first-order valence-corrected chi connectivity index (χ1v) is 10.7. The third-order valence-corrected chi connectivity index (χ3v) is 10.9. The molecule has 1 aliphatic heterocycles. The van der Waals surface area contributed by atoms with E-state index < -0.39 is 8.07 Å². The molecule has 0 bridgehead atoms. The summed E-state index contributed by atoms with van der Waals surface area (Å²) >= 11 is 0. The van der Waals surface area contributed by atoms with Crippen LogP contribution in [0.4, 0.5) is 0 Å². The Kier molecular flexibility index (Phi) is 5.22. The highest BCUT2D eigenvalue weighted by Gasteiger charge is 2.36. The molecule has 1 heterocycles. The molecule has 0 N–H and O–H groups in total. The summed E-state index contributed by atoms with van der Waals surface area (Å²) in [4.78, 5) is 0. The lowest BCUT2D eigenvalue weighted by Gasteiger charge is -2.34. The van der Waals surface area contributed by atoms with Gasteiger partial charge < -0.3 is 4.74 Å². The molecule has 110 valence electrons. The third kappa shape index (κ3) is 2.77. The van der Waals surface area contributed by atoms with Crippen molar-refractivity contribution in [2.75, 3.05) is 13.2 Å². The summed E-state index contributed by atoms with van der Waals surface area (Å²) in [5, 5.41) is 1.70. The van der Waals surface area contributed by atoms with Gasteiger partial charge in [-0.1, -0.05) is 81.4 Å². The van der Waals surface area contributed by atoms with Crippen molar-refractivity contribution in [2.45, 2.75) is 45.8 Å². The van der Waals surface area contributed by atoms with Gasteiger partial charge in [0.1, 0.15) is 0 Å². The van der Waals surface area contributed by atoms with Crippen molar-refractivity contribution in [1.29, 1.82) is 0 Å². The van der Waals surface area contributed by atoms with Gasteiger partial charge in [-0.15, -0.1) is 0 Å². The average Bonchev–Trinajstić information content (AvgIpc) is 2.91. The van der Waals surface area contributed by atoms with Crippen molar-refractivity contribution in [3.8, 4) is 0 Å². The lowest BCUT2D eigenvalue weighted by Crippen LogP contribution is -2.35. The van der Waals surface area contributed by atoms with Crippen LogP contribution < -0.4 is 0 Å². The second-order valence-electron chi connectivity index (χ2n) is 6.02. The fraction of sp³-hybridized carbons (Fsp3) is 0.556. The highest BCUT2D eigenvalue weighted by atomic mass is 28.3. The maximum Gasteiger partial charge on any atom is 0.0867 e. The van der Waals surface area contributed by atoms with Gasteiger partial charge in [0.05, 0.1) is 21.3 Å². The summed E-state index contributed by atoms with van der Waals surface area (Å²) in [6.45, 7) is 11.2. The monoisotopic (exact) mass is 288 g/mol. The molecule has 1 nitrogen and oxygen atoms in total. The highest BCUT2D eigenvalue weighted by molar-refractivity contribution is 6.96. The van der Waals surface area contributed by atoms with Crippen molar-refractivity contribution >= 4 is 13.3 Å². The number of benzene rings is 1. The second kappa shape index (κ2) is 6.73. The maximum atomic E-state index is 5.76. The van der Waals surface area contributed by atoms with Gasteiger partial charge in [0.25, 0.3) is 0 Å². The summed E-state index contributed by atoms with van der Waals surface area (Å²) in [6, 6.07) is 15.1. The van der Waals surface area contributed by atoms with E-state index in [-0.39, 0.29) is 0 Å². The van der Waals surface area contributed by atoms with E-state index in [0.717, 1.165) is 13.2 Å². The van der Waals surface area contributed by atoms with Crippen molar-refractivity contribution in [1.82, 2.24) is 0 Å². The van der Waals surface area contributed by atoms with E-state index in [1.165, 1.54) is 23.7 Å². The molecular weight excluding hydrogens is 260 g/mol. The van der Waals surface area contributed by atoms with E-state index in [1.54, 1.807) is 10.8 Å². The van der Waals surface area contributed by atoms with Gasteiger partial charge in [-0.25, -0.2) is 0 Å². The highest BCUT2D eigenvalue weighted by Crippen LogP contribution is 2.41. The molecule has 1 aromatic rings. The molecule has 0 radical (unpaired) electrons. The fourth-order valence-corrected chi connectivity index (χ4v) is 7.96. The summed E-state index contributed by atoms with van der Waals surface area (Å²) in [7, 11) is -1.39. The molecule has 2 rings (SSSR count). The smallest absolute Gasteiger partial charge is 0.0867 e. The largest absolute Gasteiger partial charge is 0.376 e. The van der Waals surface area contributed by atoms with E-state index in [1.807, 2.05) is 0 Å². The molecular formula is C18H28OSi. The zero-order valence-electron chi connectivity index (χ0n) is 13.4. The first-order chi connectivity index (χ1) is 9.68. The molecule has 0 amide bonds. The fourth-order valence-electron chi connectivity index (χ4n) is 3.62. The van der Waals surface area contributed by atoms with Crippen LogP contribution in [0.3, 0.4) is 0 Å². The van der Waals surface area contributed by atoms with Crippen LogP contribution in [0.2, 0.25) is 18.1 Å². The summed E-state index contributed by atoms with van der Waals surface area (Å²) in [5.41, 5.74) is 3.05. The van der Waals surface area contributed by atoms with E-state index in [9.17, 15) is 0 Å². The topological polar surface area (TPSA) is 9.23 Å². The number of ether oxygens (including phenoxy) is 1. The first kappa shape index (κ1) is 15.5. The van der Waals surface area contributed by atoms with Crippen LogP contribution in [0.25, 0.3) is 5.20 Å².